The van der Waals surface area contributed by atoms with E-state index in [-0.39, 0.29) is 11.3 Å². The Hall–Kier alpha value is -1.66. The van der Waals surface area contributed by atoms with Gasteiger partial charge in [0, 0.05) is 6.42 Å². The Labute approximate surface area is 156 Å². The molecule has 2 heterocycles. The van der Waals surface area contributed by atoms with Crippen molar-refractivity contribution in [3.8, 4) is 10.8 Å². The first-order chi connectivity index (χ1) is 12.5. The molecule has 4 aliphatic rings. The largest absolute Gasteiger partial charge is 0.443 e. The fourth-order valence-electron chi connectivity index (χ4n) is 6.10. The van der Waals surface area contributed by atoms with E-state index in [1.165, 1.54) is 6.42 Å². The Morgan fingerprint density at radius 2 is 2.15 bits per heavy atom. The third kappa shape index (κ3) is 2.99. The topological polar surface area (TPSA) is 75.4 Å². The molecule has 4 fully saturated rings. The SMILES string of the molecule is O=C(CC12C[C@H]3C[C@@H](CC(O)(C3)C1)C2)NCc1coc(-c2cccs2)n1. The molecule has 6 rings (SSSR count). The van der Waals surface area contributed by atoms with Crippen molar-refractivity contribution in [3.63, 3.8) is 0 Å². The lowest BCUT2D eigenvalue weighted by Gasteiger charge is -2.60. The third-order valence-corrected chi connectivity index (χ3v) is 7.30. The zero-order chi connectivity index (χ0) is 17.8. The number of nitrogens with one attached hydrogen (secondary N) is 1. The van der Waals surface area contributed by atoms with E-state index < -0.39 is 5.60 Å². The fraction of sp³-hybridized carbons (Fsp3) is 0.600. The molecule has 0 spiro atoms. The Morgan fingerprint density at radius 1 is 1.35 bits per heavy atom. The van der Waals surface area contributed by atoms with Crippen LogP contribution < -0.4 is 5.32 Å². The van der Waals surface area contributed by atoms with Crippen LogP contribution in [0.4, 0.5) is 0 Å². The summed E-state index contributed by atoms with van der Waals surface area (Å²) in [7, 11) is 0. The van der Waals surface area contributed by atoms with Crippen molar-refractivity contribution in [1.29, 1.82) is 0 Å². The summed E-state index contributed by atoms with van der Waals surface area (Å²) in [5, 5.41) is 15.8. The van der Waals surface area contributed by atoms with Gasteiger partial charge in [-0.3, -0.25) is 4.79 Å². The molecule has 0 aliphatic heterocycles. The number of hydrogen-bond acceptors (Lipinski definition) is 5. The highest BCUT2D eigenvalue weighted by Crippen LogP contribution is 2.62. The molecule has 138 valence electrons. The fourth-order valence-corrected chi connectivity index (χ4v) is 6.76. The molecule has 1 amide bonds. The van der Waals surface area contributed by atoms with E-state index in [0.29, 0.717) is 30.7 Å². The Bertz CT molecular complexity index is 799. The maximum absolute atomic E-state index is 12.6. The molecule has 5 nitrogen and oxygen atoms in total. The van der Waals surface area contributed by atoms with Gasteiger partial charge in [0.25, 0.3) is 0 Å². The molecule has 26 heavy (non-hydrogen) atoms. The van der Waals surface area contributed by atoms with Gasteiger partial charge in [-0.05, 0) is 67.2 Å². The molecular formula is C20H24N2O3S. The molecule has 2 atom stereocenters. The van der Waals surface area contributed by atoms with E-state index in [0.717, 1.165) is 42.7 Å². The normalized spacial score (nSPS) is 35.0. The van der Waals surface area contributed by atoms with E-state index >= 15 is 0 Å². The molecule has 4 saturated carbocycles. The lowest BCUT2D eigenvalue weighted by atomic mass is 9.47. The molecule has 2 N–H and O–H groups in total. The van der Waals surface area contributed by atoms with Crippen LogP contribution in [0.5, 0.6) is 0 Å². The van der Waals surface area contributed by atoms with Crippen LogP contribution in [0.2, 0.25) is 0 Å². The van der Waals surface area contributed by atoms with Gasteiger partial charge in [-0.15, -0.1) is 11.3 Å². The number of amides is 1. The zero-order valence-corrected chi connectivity index (χ0v) is 15.6. The standard InChI is InChI=1S/C20H24N2O3S/c23-17(21-10-15-11-25-18(22-15)16-2-1-3-26-16)9-19-5-13-4-14(6-19)8-20(24,7-13)12-19/h1-3,11,13-14,24H,4-10,12H2,(H,21,23)/t13-,14-,19?,20?/m1/s1. The number of carbonyl (C=O) groups excluding carboxylic acids is 1. The summed E-state index contributed by atoms with van der Waals surface area (Å²) in [5.41, 5.74) is 0.243. The molecule has 0 unspecified atom stereocenters. The van der Waals surface area contributed by atoms with Crippen molar-refractivity contribution in [2.75, 3.05) is 0 Å². The van der Waals surface area contributed by atoms with Gasteiger partial charge in [0.05, 0.1) is 22.7 Å². The Kier molecular flexibility index (Phi) is 3.76. The maximum atomic E-state index is 12.6. The molecule has 4 bridgehead atoms. The smallest absolute Gasteiger partial charge is 0.236 e. The average molecular weight is 372 g/mol. The lowest BCUT2D eigenvalue weighted by molar-refractivity contribution is -0.169. The molecule has 0 aromatic carbocycles. The van der Waals surface area contributed by atoms with Gasteiger partial charge in [0.2, 0.25) is 11.8 Å². The van der Waals surface area contributed by atoms with Gasteiger partial charge in [-0.2, -0.15) is 0 Å². The van der Waals surface area contributed by atoms with Gasteiger partial charge in [-0.1, -0.05) is 6.07 Å². The second-order valence-corrected chi connectivity index (χ2v) is 9.71. The second kappa shape index (κ2) is 5.92. The highest BCUT2D eigenvalue weighted by atomic mass is 32.1. The van der Waals surface area contributed by atoms with Gasteiger partial charge < -0.3 is 14.8 Å². The van der Waals surface area contributed by atoms with Crippen LogP contribution >= 0.6 is 11.3 Å². The van der Waals surface area contributed by atoms with Crippen molar-refractivity contribution >= 4 is 17.2 Å². The molecule has 0 saturated heterocycles. The Balaban J connectivity index is 1.21. The molecule has 0 radical (unpaired) electrons. The lowest BCUT2D eigenvalue weighted by Crippen LogP contribution is -2.56. The quantitative estimate of drug-likeness (QED) is 0.838. The van der Waals surface area contributed by atoms with Crippen LogP contribution in [0.3, 0.4) is 0 Å². The number of aliphatic hydroxyl groups is 1. The highest BCUT2D eigenvalue weighted by molar-refractivity contribution is 7.13. The number of oxazole rings is 1. The molecule has 6 heteroatoms. The molecular weight excluding hydrogens is 348 g/mol. The summed E-state index contributed by atoms with van der Waals surface area (Å²) in [6, 6.07) is 3.93. The predicted octanol–water partition coefficient (Wildman–Crippen LogP) is 3.74. The first-order valence-corrected chi connectivity index (χ1v) is 10.4. The number of nitrogens with zero attached hydrogens (tertiary/aromatic N) is 1. The van der Waals surface area contributed by atoms with Crippen LogP contribution in [-0.2, 0) is 11.3 Å². The summed E-state index contributed by atoms with van der Waals surface area (Å²) < 4.78 is 5.50. The van der Waals surface area contributed by atoms with Crippen LogP contribution in [0, 0.1) is 17.3 Å². The van der Waals surface area contributed by atoms with Crippen LogP contribution in [0.1, 0.15) is 50.6 Å². The molecule has 2 aromatic heterocycles. The number of hydrogen-bond donors (Lipinski definition) is 2. The first kappa shape index (κ1) is 16.5. The van der Waals surface area contributed by atoms with Gasteiger partial charge in [0.1, 0.15) is 6.26 Å². The predicted molar refractivity (Wildman–Crippen MR) is 98.3 cm³/mol. The van der Waals surface area contributed by atoms with Crippen molar-refractivity contribution in [3.05, 3.63) is 29.5 Å². The van der Waals surface area contributed by atoms with Crippen LogP contribution in [0.15, 0.2) is 28.2 Å². The third-order valence-electron chi connectivity index (χ3n) is 6.44. The van der Waals surface area contributed by atoms with Crippen molar-refractivity contribution in [2.24, 2.45) is 17.3 Å². The molecule has 2 aromatic rings. The van der Waals surface area contributed by atoms with E-state index in [9.17, 15) is 9.90 Å². The number of thiophene rings is 1. The number of aromatic nitrogens is 1. The summed E-state index contributed by atoms with van der Waals surface area (Å²) in [4.78, 5) is 18.0. The van der Waals surface area contributed by atoms with E-state index in [1.54, 1.807) is 17.6 Å². The van der Waals surface area contributed by atoms with Crippen molar-refractivity contribution < 1.29 is 14.3 Å². The minimum Gasteiger partial charge on any atom is -0.443 e. The summed E-state index contributed by atoms with van der Waals surface area (Å²) in [6.07, 6.45) is 8.27. The number of rotatable bonds is 5. The summed E-state index contributed by atoms with van der Waals surface area (Å²) >= 11 is 1.58. The van der Waals surface area contributed by atoms with Crippen LogP contribution in [0.25, 0.3) is 10.8 Å². The molecule has 4 aliphatic carbocycles. The van der Waals surface area contributed by atoms with E-state index in [2.05, 4.69) is 10.3 Å². The monoisotopic (exact) mass is 372 g/mol. The second-order valence-electron chi connectivity index (χ2n) is 8.76. The van der Waals surface area contributed by atoms with Crippen molar-refractivity contribution in [2.45, 2.75) is 57.1 Å². The zero-order valence-electron chi connectivity index (χ0n) is 14.7. The average Bonchev–Trinajstić information content (AvgIpc) is 3.21. The Morgan fingerprint density at radius 3 is 2.85 bits per heavy atom. The van der Waals surface area contributed by atoms with Gasteiger partial charge >= 0.3 is 0 Å². The summed E-state index contributed by atoms with van der Waals surface area (Å²) in [5.74, 6) is 1.89. The van der Waals surface area contributed by atoms with Crippen molar-refractivity contribution in [1.82, 2.24) is 10.3 Å². The highest BCUT2D eigenvalue weighted by Gasteiger charge is 2.57. The number of carbonyl (C=O) groups is 1. The summed E-state index contributed by atoms with van der Waals surface area (Å²) in [6.45, 7) is 0.390. The first-order valence-electron chi connectivity index (χ1n) is 9.48. The minimum atomic E-state index is -0.508. The maximum Gasteiger partial charge on any atom is 0.236 e. The van der Waals surface area contributed by atoms with E-state index in [1.807, 2.05) is 17.5 Å². The van der Waals surface area contributed by atoms with Gasteiger partial charge in [-0.25, -0.2) is 4.98 Å². The minimum absolute atomic E-state index is 0.00880. The van der Waals surface area contributed by atoms with E-state index in [4.69, 9.17) is 4.42 Å². The van der Waals surface area contributed by atoms with Gasteiger partial charge in [0.15, 0.2) is 0 Å². The van der Waals surface area contributed by atoms with Crippen LogP contribution in [-0.4, -0.2) is 21.6 Å².